The summed E-state index contributed by atoms with van der Waals surface area (Å²) in [6.45, 7) is 0. The van der Waals surface area contributed by atoms with Gasteiger partial charge >= 0.3 is 0 Å². The second-order valence-corrected chi connectivity index (χ2v) is 6.56. The largest absolute Gasteiger partial charge is 0.0622 e. The third-order valence-electron chi connectivity index (χ3n) is 3.04. The summed E-state index contributed by atoms with van der Waals surface area (Å²) in [6.07, 6.45) is 0. The molecule has 0 saturated heterocycles. The van der Waals surface area contributed by atoms with Gasteiger partial charge in [0.2, 0.25) is 0 Å². The molecule has 0 spiro atoms. The van der Waals surface area contributed by atoms with E-state index in [-0.39, 0.29) is 36.8 Å². The van der Waals surface area contributed by atoms with Gasteiger partial charge in [-0.3, -0.25) is 0 Å². The molecule has 0 aliphatic carbocycles. The first-order valence-electron chi connectivity index (χ1n) is 6.40. The molecular weight excluding hydrogens is 320 g/mol. The maximum atomic E-state index is 2.23. The Balaban J connectivity index is 0.00000110. The van der Waals surface area contributed by atoms with Gasteiger partial charge in [0.25, 0.3) is 0 Å². The second-order valence-electron chi connectivity index (χ2n) is 4.34. The van der Waals surface area contributed by atoms with Crippen LogP contribution >= 0.6 is 7.92 Å². The summed E-state index contributed by atoms with van der Waals surface area (Å²) >= 11 is 0. The van der Waals surface area contributed by atoms with Crippen molar-refractivity contribution in [2.24, 2.45) is 0 Å². The van der Waals surface area contributed by atoms with E-state index in [1.54, 1.807) is 0 Å². The molecule has 3 aromatic carbocycles. The summed E-state index contributed by atoms with van der Waals surface area (Å²) in [5, 5.41) is 4.19. The molecule has 0 aliphatic heterocycles. The molecule has 0 amide bonds. The van der Waals surface area contributed by atoms with Crippen LogP contribution in [0.4, 0.5) is 0 Å². The Morgan fingerprint density at radius 1 is 0.429 bits per heavy atom. The number of hydrogen-bond acceptors (Lipinski definition) is 0. The molecule has 103 valence electrons. The van der Waals surface area contributed by atoms with Gasteiger partial charge in [-0.25, -0.2) is 0 Å². The summed E-state index contributed by atoms with van der Waals surface area (Å²) < 4.78 is 0. The first-order chi connectivity index (χ1) is 9.45. The molecular formula is C18H19PScSi. The van der Waals surface area contributed by atoms with Gasteiger partial charge in [-0.15, -0.1) is 0 Å². The van der Waals surface area contributed by atoms with Crippen LogP contribution in [-0.2, 0) is 25.8 Å². The van der Waals surface area contributed by atoms with Crippen molar-refractivity contribution in [1.82, 2.24) is 0 Å². The fraction of sp³-hybridized carbons (Fsp3) is 0. The third-order valence-corrected chi connectivity index (χ3v) is 5.49. The Labute approximate surface area is 151 Å². The van der Waals surface area contributed by atoms with Gasteiger partial charge < -0.3 is 0 Å². The summed E-state index contributed by atoms with van der Waals surface area (Å²) in [7, 11) is -0.446. The van der Waals surface area contributed by atoms with E-state index in [9.17, 15) is 0 Å². The van der Waals surface area contributed by atoms with Crippen LogP contribution in [0.5, 0.6) is 0 Å². The third kappa shape index (κ3) is 4.57. The maximum absolute atomic E-state index is 2.23. The molecule has 21 heavy (non-hydrogen) atoms. The van der Waals surface area contributed by atoms with Crippen molar-refractivity contribution in [2.45, 2.75) is 0 Å². The van der Waals surface area contributed by atoms with Gasteiger partial charge in [-0.1, -0.05) is 91.0 Å². The van der Waals surface area contributed by atoms with Crippen LogP contribution < -0.4 is 15.9 Å². The molecule has 0 aromatic heterocycles. The SMILES string of the molecule is [Sc].[SiH4].c1ccc(P(c2ccccc2)c2ccccc2)cc1. The minimum Gasteiger partial charge on any atom is -0.0622 e. The van der Waals surface area contributed by atoms with Gasteiger partial charge in [0, 0.05) is 25.8 Å². The minimum absolute atomic E-state index is 0. The fourth-order valence-electron chi connectivity index (χ4n) is 2.18. The van der Waals surface area contributed by atoms with Gasteiger partial charge in [0.15, 0.2) is 0 Å². The van der Waals surface area contributed by atoms with Gasteiger partial charge in [0.1, 0.15) is 0 Å². The Kier molecular flexibility index (Phi) is 8.03. The molecule has 0 nitrogen and oxygen atoms in total. The van der Waals surface area contributed by atoms with Gasteiger partial charge in [-0.2, -0.15) is 0 Å². The van der Waals surface area contributed by atoms with Crippen molar-refractivity contribution in [2.75, 3.05) is 0 Å². The molecule has 3 aromatic rings. The van der Waals surface area contributed by atoms with Crippen LogP contribution in [0.15, 0.2) is 91.0 Å². The fourth-order valence-corrected chi connectivity index (χ4v) is 4.48. The van der Waals surface area contributed by atoms with Gasteiger partial charge in [0.05, 0.1) is 0 Å². The van der Waals surface area contributed by atoms with Crippen molar-refractivity contribution in [1.29, 1.82) is 0 Å². The van der Waals surface area contributed by atoms with Crippen LogP contribution in [0, 0.1) is 0 Å². The first kappa shape index (κ1) is 18.2. The standard InChI is InChI=1S/C18H15P.Sc.H4Si/c1-4-10-16(11-5-1)19(17-12-6-2-7-13-17)18-14-8-3-9-15-18;;/h1-15H;;1H4. The van der Waals surface area contributed by atoms with Crippen LogP contribution in [-0.4, -0.2) is 11.0 Å². The Morgan fingerprint density at radius 3 is 0.905 bits per heavy atom. The molecule has 3 rings (SSSR count). The van der Waals surface area contributed by atoms with E-state index in [1.807, 2.05) is 0 Å². The average Bonchev–Trinajstić information content (AvgIpc) is 2.51. The summed E-state index contributed by atoms with van der Waals surface area (Å²) in [5.41, 5.74) is 0. The van der Waals surface area contributed by atoms with Crippen molar-refractivity contribution in [3.05, 3.63) is 91.0 Å². The van der Waals surface area contributed by atoms with Crippen molar-refractivity contribution >= 4 is 34.8 Å². The number of benzene rings is 3. The van der Waals surface area contributed by atoms with Crippen LogP contribution in [0.1, 0.15) is 0 Å². The number of rotatable bonds is 3. The maximum Gasteiger partial charge on any atom is 0 e. The summed E-state index contributed by atoms with van der Waals surface area (Å²) in [6, 6.07) is 32.3. The van der Waals surface area contributed by atoms with E-state index in [2.05, 4.69) is 91.0 Å². The van der Waals surface area contributed by atoms with Crippen LogP contribution in [0.2, 0.25) is 0 Å². The van der Waals surface area contributed by atoms with Crippen molar-refractivity contribution in [3.8, 4) is 0 Å². The van der Waals surface area contributed by atoms with Crippen molar-refractivity contribution < 1.29 is 25.8 Å². The van der Waals surface area contributed by atoms with E-state index in [1.165, 1.54) is 15.9 Å². The Morgan fingerprint density at radius 2 is 0.667 bits per heavy atom. The molecule has 0 aliphatic rings. The molecule has 0 fully saturated rings. The minimum atomic E-state index is -0.446. The average molecular weight is 339 g/mol. The normalized spacial score (nSPS) is 9.57. The zero-order chi connectivity index (χ0) is 12.9. The molecule has 0 heterocycles. The van der Waals surface area contributed by atoms with E-state index in [0.29, 0.717) is 0 Å². The van der Waals surface area contributed by atoms with E-state index >= 15 is 0 Å². The van der Waals surface area contributed by atoms with E-state index < -0.39 is 7.92 Å². The molecule has 0 bridgehead atoms. The molecule has 0 saturated carbocycles. The smallest absolute Gasteiger partial charge is 0 e. The summed E-state index contributed by atoms with van der Waals surface area (Å²) in [5.74, 6) is 0. The molecule has 1 radical (unpaired) electrons. The summed E-state index contributed by atoms with van der Waals surface area (Å²) in [4.78, 5) is 0. The van der Waals surface area contributed by atoms with E-state index in [4.69, 9.17) is 0 Å². The predicted molar refractivity (Wildman–Crippen MR) is 96.5 cm³/mol. The Bertz CT molecular complexity index is 535. The van der Waals surface area contributed by atoms with E-state index in [0.717, 1.165) is 0 Å². The van der Waals surface area contributed by atoms with Crippen LogP contribution in [0.25, 0.3) is 0 Å². The monoisotopic (exact) mass is 339 g/mol. The zero-order valence-electron chi connectivity index (χ0n) is 11.2. The van der Waals surface area contributed by atoms with Gasteiger partial charge in [-0.05, 0) is 34.8 Å². The second kappa shape index (κ2) is 9.25. The quantitative estimate of drug-likeness (QED) is 0.506. The zero-order valence-corrected chi connectivity index (χ0v) is 13.9. The van der Waals surface area contributed by atoms with Crippen molar-refractivity contribution in [3.63, 3.8) is 0 Å². The Hall–Kier alpha value is -0.823. The molecule has 3 heteroatoms. The molecule has 0 unspecified atom stereocenters. The topological polar surface area (TPSA) is 0 Å². The molecule has 0 atom stereocenters. The predicted octanol–water partition coefficient (Wildman–Crippen LogP) is 1.99. The van der Waals surface area contributed by atoms with Crippen LogP contribution in [0.3, 0.4) is 0 Å². The molecule has 0 N–H and O–H groups in total. The number of hydrogen-bond donors (Lipinski definition) is 0. The first-order valence-corrected chi connectivity index (χ1v) is 7.74.